The summed E-state index contributed by atoms with van der Waals surface area (Å²) in [5.41, 5.74) is 0. The maximum Gasteiger partial charge on any atom is 0.226 e. The van der Waals surface area contributed by atoms with E-state index < -0.39 is 0 Å². The van der Waals surface area contributed by atoms with Gasteiger partial charge in [0, 0.05) is 13.0 Å². The molecule has 0 radical (unpaired) electrons. The molecule has 0 N–H and O–H groups in total. The van der Waals surface area contributed by atoms with Gasteiger partial charge in [0.2, 0.25) is 5.91 Å². The monoisotopic (exact) mass is 183 g/mol. The zero-order chi connectivity index (χ0) is 10.1. The molecule has 0 aromatic carbocycles. The van der Waals surface area contributed by atoms with Crippen LogP contribution < -0.4 is 0 Å². The van der Waals surface area contributed by atoms with E-state index in [9.17, 15) is 4.79 Å². The van der Waals surface area contributed by atoms with Gasteiger partial charge in [-0.2, -0.15) is 0 Å². The van der Waals surface area contributed by atoms with Crippen LogP contribution in [0.1, 0.15) is 46.0 Å². The minimum atomic E-state index is 0.213. The predicted molar refractivity (Wildman–Crippen MR) is 56.3 cm³/mol. The fourth-order valence-corrected chi connectivity index (χ4v) is 1.12. The molecule has 0 rings (SSSR count). The molecule has 1 amide bonds. The van der Waals surface area contributed by atoms with Crippen molar-refractivity contribution in [2.24, 2.45) is 0 Å². The van der Waals surface area contributed by atoms with E-state index in [1.54, 1.807) is 11.1 Å². The van der Waals surface area contributed by atoms with Crippen LogP contribution >= 0.6 is 0 Å². The average molecular weight is 183 g/mol. The van der Waals surface area contributed by atoms with Gasteiger partial charge in [-0.05, 0) is 19.0 Å². The van der Waals surface area contributed by atoms with E-state index in [1.165, 1.54) is 0 Å². The van der Waals surface area contributed by atoms with Crippen molar-refractivity contribution >= 4 is 5.91 Å². The summed E-state index contributed by atoms with van der Waals surface area (Å²) in [6.45, 7) is 8.69. The number of amides is 1. The van der Waals surface area contributed by atoms with Crippen molar-refractivity contribution in [3.05, 3.63) is 12.8 Å². The quantitative estimate of drug-likeness (QED) is 0.594. The lowest BCUT2D eigenvalue weighted by molar-refractivity contribution is -0.128. The predicted octanol–water partition coefficient (Wildman–Crippen LogP) is 2.95. The molecule has 0 aromatic heterocycles. The second-order valence-corrected chi connectivity index (χ2v) is 3.23. The highest BCUT2D eigenvalue weighted by Gasteiger charge is 2.07. The molecule has 0 heterocycles. The molecule has 0 saturated carbocycles. The summed E-state index contributed by atoms with van der Waals surface area (Å²) in [7, 11) is 0. The van der Waals surface area contributed by atoms with Crippen molar-refractivity contribution in [2.75, 3.05) is 6.54 Å². The van der Waals surface area contributed by atoms with E-state index in [2.05, 4.69) is 20.4 Å². The number of hydrogen-bond acceptors (Lipinski definition) is 1. The third-order valence-electron chi connectivity index (χ3n) is 2.04. The molecule has 2 heteroatoms. The van der Waals surface area contributed by atoms with Crippen molar-refractivity contribution in [1.29, 1.82) is 0 Å². The third-order valence-corrected chi connectivity index (χ3v) is 2.04. The Kier molecular flexibility index (Phi) is 7.36. The fourth-order valence-electron chi connectivity index (χ4n) is 1.12. The maximum atomic E-state index is 11.5. The van der Waals surface area contributed by atoms with Crippen LogP contribution in [0.4, 0.5) is 0 Å². The van der Waals surface area contributed by atoms with Crippen molar-refractivity contribution in [3.8, 4) is 0 Å². The molecule has 0 aliphatic rings. The average Bonchev–Trinajstić information content (AvgIpc) is 2.16. The molecule has 0 aliphatic carbocycles. The van der Waals surface area contributed by atoms with Gasteiger partial charge < -0.3 is 4.90 Å². The minimum Gasteiger partial charge on any atom is -0.320 e. The Balaban J connectivity index is 3.77. The van der Waals surface area contributed by atoms with Crippen LogP contribution in [-0.2, 0) is 4.79 Å². The van der Waals surface area contributed by atoms with Gasteiger partial charge in [0.25, 0.3) is 0 Å². The second kappa shape index (κ2) is 7.84. The Hall–Kier alpha value is -0.790. The van der Waals surface area contributed by atoms with Crippen LogP contribution in [0.25, 0.3) is 0 Å². The topological polar surface area (TPSA) is 20.3 Å². The third kappa shape index (κ3) is 5.45. The molecule has 2 nitrogen and oxygen atoms in total. The molecular weight excluding hydrogens is 162 g/mol. The number of hydrogen-bond donors (Lipinski definition) is 0. The van der Waals surface area contributed by atoms with Gasteiger partial charge >= 0.3 is 0 Å². The van der Waals surface area contributed by atoms with Gasteiger partial charge in [-0.15, -0.1) is 0 Å². The highest BCUT2D eigenvalue weighted by Crippen LogP contribution is 2.02. The Morgan fingerprint density at radius 1 is 1.31 bits per heavy atom. The first kappa shape index (κ1) is 12.2. The van der Waals surface area contributed by atoms with Crippen LogP contribution in [0.2, 0.25) is 0 Å². The van der Waals surface area contributed by atoms with Crippen LogP contribution in [0.5, 0.6) is 0 Å². The summed E-state index contributed by atoms with van der Waals surface area (Å²) in [5.74, 6) is 0.213. The molecule has 0 bridgehead atoms. The fraction of sp³-hybridized carbons (Fsp3) is 0.727. The van der Waals surface area contributed by atoms with E-state index in [0.29, 0.717) is 6.42 Å². The molecular formula is C11H21NO. The molecule has 0 saturated heterocycles. The van der Waals surface area contributed by atoms with E-state index in [1.807, 2.05) is 0 Å². The molecule has 0 aliphatic heterocycles. The summed E-state index contributed by atoms with van der Waals surface area (Å²) in [4.78, 5) is 13.2. The lowest BCUT2D eigenvalue weighted by atomic mass is 10.2. The lowest BCUT2D eigenvalue weighted by Gasteiger charge is -2.17. The first-order chi connectivity index (χ1) is 6.26. The van der Waals surface area contributed by atoms with Gasteiger partial charge in [-0.3, -0.25) is 4.79 Å². The van der Waals surface area contributed by atoms with E-state index in [-0.39, 0.29) is 5.91 Å². The standard InChI is InChI=1S/C11H21NO/c1-4-7-9-11(13)12(6-3)10-8-5-2/h6H,3-5,7-10H2,1-2H3. The number of rotatable bonds is 7. The van der Waals surface area contributed by atoms with Crippen LogP contribution in [0.3, 0.4) is 0 Å². The van der Waals surface area contributed by atoms with Crippen molar-refractivity contribution in [3.63, 3.8) is 0 Å². The summed E-state index contributed by atoms with van der Waals surface area (Å²) < 4.78 is 0. The zero-order valence-corrected chi connectivity index (χ0v) is 8.88. The molecule has 0 atom stereocenters. The Labute approximate surface area is 81.6 Å². The van der Waals surface area contributed by atoms with Gasteiger partial charge in [-0.25, -0.2) is 0 Å². The Morgan fingerprint density at radius 2 is 1.92 bits per heavy atom. The summed E-state index contributed by atoms with van der Waals surface area (Å²) in [6, 6.07) is 0. The molecule has 0 spiro atoms. The minimum absolute atomic E-state index is 0.213. The number of nitrogens with zero attached hydrogens (tertiary/aromatic N) is 1. The van der Waals surface area contributed by atoms with Gasteiger partial charge in [0.1, 0.15) is 0 Å². The van der Waals surface area contributed by atoms with Gasteiger partial charge in [-0.1, -0.05) is 33.3 Å². The Bertz CT molecular complexity index is 154. The molecule has 0 fully saturated rings. The highest BCUT2D eigenvalue weighted by molar-refractivity contribution is 5.77. The van der Waals surface area contributed by atoms with Gasteiger partial charge in [0.05, 0.1) is 0 Å². The number of carbonyl (C=O) groups is 1. The van der Waals surface area contributed by atoms with Crippen LogP contribution in [0.15, 0.2) is 12.8 Å². The zero-order valence-electron chi connectivity index (χ0n) is 8.88. The normalized spacial score (nSPS) is 9.69. The van der Waals surface area contributed by atoms with Crippen molar-refractivity contribution in [2.45, 2.75) is 46.0 Å². The van der Waals surface area contributed by atoms with Crippen LogP contribution in [-0.4, -0.2) is 17.4 Å². The molecule has 0 unspecified atom stereocenters. The number of unbranched alkanes of at least 4 members (excludes halogenated alkanes) is 2. The SMILES string of the molecule is C=CN(CCCC)C(=O)CCCC. The largest absolute Gasteiger partial charge is 0.320 e. The number of carbonyl (C=O) groups excluding carboxylic acids is 1. The van der Waals surface area contributed by atoms with E-state index in [0.717, 1.165) is 32.2 Å². The maximum absolute atomic E-state index is 11.5. The van der Waals surface area contributed by atoms with Crippen LogP contribution in [0, 0.1) is 0 Å². The first-order valence-electron chi connectivity index (χ1n) is 5.18. The summed E-state index contributed by atoms with van der Waals surface area (Å²) in [6.07, 6.45) is 6.54. The smallest absolute Gasteiger partial charge is 0.226 e. The molecule has 0 aromatic rings. The molecule has 13 heavy (non-hydrogen) atoms. The van der Waals surface area contributed by atoms with Gasteiger partial charge in [0.15, 0.2) is 0 Å². The second-order valence-electron chi connectivity index (χ2n) is 3.23. The molecule has 76 valence electrons. The Morgan fingerprint density at radius 3 is 2.38 bits per heavy atom. The summed E-state index contributed by atoms with van der Waals surface area (Å²) >= 11 is 0. The highest BCUT2D eigenvalue weighted by atomic mass is 16.2. The lowest BCUT2D eigenvalue weighted by Crippen LogP contribution is -2.26. The van der Waals surface area contributed by atoms with Crippen molar-refractivity contribution in [1.82, 2.24) is 4.90 Å². The van der Waals surface area contributed by atoms with Crippen molar-refractivity contribution < 1.29 is 4.79 Å². The first-order valence-corrected chi connectivity index (χ1v) is 5.18. The van der Waals surface area contributed by atoms with E-state index >= 15 is 0 Å². The summed E-state index contributed by atoms with van der Waals surface area (Å²) in [5, 5.41) is 0. The van der Waals surface area contributed by atoms with E-state index in [4.69, 9.17) is 0 Å².